The normalized spacial score (nSPS) is 15.4. The fourth-order valence-electron chi connectivity index (χ4n) is 3.72. The molecule has 5 heteroatoms. The van der Waals surface area contributed by atoms with Crippen LogP contribution in [0.4, 0.5) is 0 Å². The van der Waals surface area contributed by atoms with Crippen molar-refractivity contribution in [3.05, 3.63) is 62.6 Å². The van der Waals surface area contributed by atoms with Gasteiger partial charge in [0.05, 0.1) is 5.56 Å². The van der Waals surface area contributed by atoms with Gasteiger partial charge in [-0.3, -0.25) is 4.90 Å². The van der Waals surface area contributed by atoms with E-state index in [1.54, 1.807) is 29.5 Å². The zero-order valence-electron chi connectivity index (χ0n) is 14.0. The second kappa shape index (κ2) is 7.02. The maximum atomic E-state index is 11.7. The number of benzene rings is 1. The van der Waals surface area contributed by atoms with Crippen LogP contribution in [-0.2, 0) is 13.1 Å². The lowest BCUT2D eigenvalue weighted by atomic mass is 10.1. The number of nitrogens with zero attached hydrogens (tertiary/aromatic N) is 1. The predicted octanol–water partition coefficient (Wildman–Crippen LogP) is 4.50. The Kier molecular flexibility index (Phi) is 4.59. The van der Waals surface area contributed by atoms with E-state index in [1.165, 1.54) is 36.6 Å². The fraction of sp³-hybridized carbons (Fsp3) is 0.350. The van der Waals surface area contributed by atoms with Gasteiger partial charge in [-0.25, -0.2) is 4.79 Å². The molecule has 0 unspecified atom stereocenters. The lowest BCUT2D eigenvalue weighted by Crippen LogP contribution is -2.32. The van der Waals surface area contributed by atoms with Crippen molar-refractivity contribution in [2.45, 2.75) is 44.8 Å². The zero-order chi connectivity index (χ0) is 17.2. The first-order chi connectivity index (χ1) is 12.2. The molecule has 3 aromatic rings. The van der Waals surface area contributed by atoms with Crippen LogP contribution < -0.4 is 5.63 Å². The number of phenolic OH excluding ortho intramolecular Hbond substituents is 1. The molecule has 1 N–H and O–H groups in total. The minimum atomic E-state index is -0.384. The first kappa shape index (κ1) is 16.4. The fourth-order valence-corrected chi connectivity index (χ4v) is 4.45. The summed E-state index contributed by atoms with van der Waals surface area (Å²) in [6, 6.07) is 11.4. The van der Waals surface area contributed by atoms with Crippen LogP contribution in [0, 0.1) is 0 Å². The zero-order valence-corrected chi connectivity index (χ0v) is 14.8. The minimum absolute atomic E-state index is 0.191. The van der Waals surface area contributed by atoms with Gasteiger partial charge in [-0.2, -0.15) is 0 Å². The molecule has 25 heavy (non-hydrogen) atoms. The number of rotatable bonds is 5. The topological polar surface area (TPSA) is 53.7 Å². The first-order valence-corrected chi connectivity index (χ1v) is 9.60. The summed E-state index contributed by atoms with van der Waals surface area (Å²) in [6.45, 7) is 1.44. The highest BCUT2D eigenvalue weighted by Crippen LogP contribution is 2.32. The van der Waals surface area contributed by atoms with Gasteiger partial charge in [0.1, 0.15) is 11.3 Å². The lowest BCUT2D eigenvalue weighted by Gasteiger charge is -2.28. The number of aromatic hydroxyl groups is 1. The van der Waals surface area contributed by atoms with Crippen molar-refractivity contribution < 1.29 is 9.52 Å². The highest BCUT2D eigenvalue weighted by atomic mass is 32.1. The Bertz CT molecular complexity index is 910. The van der Waals surface area contributed by atoms with Crippen molar-refractivity contribution in [3.63, 3.8) is 0 Å². The Labute approximate surface area is 150 Å². The molecule has 0 aliphatic heterocycles. The monoisotopic (exact) mass is 355 g/mol. The molecule has 1 aromatic carbocycles. The number of phenols is 1. The summed E-state index contributed by atoms with van der Waals surface area (Å²) >= 11 is 1.75. The molecule has 0 atom stereocenters. The molecule has 1 aliphatic rings. The Balaban J connectivity index is 1.71. The van der Waals surface area contributed by atoms with Crippen LogP contribution in [0.1, 0.15) is 36.1 Å². The molecule has 0 saturated heterocycles. The number of thiophene rings is 1. The van der Waals surface area contributed by atoms with E-state index in [0.29, 0.717) is 23.7 Å². The van der Waals surface area contributed by atoms with Crippen molar-refractivity contribution in [1.82, 2.24) is 4.90 Å². The third-order valence-electron chi connectivity index (χ3n) is 5.01. The van der Waals surface area contributed by atoms with Crippen LogP contribution in [0.5, 0.6) is 5.75 Å². The molecular weight excluding hydrogens is 334 g/mol. The van der Waals surface area contributed by atoms with Crippen LogP contribution in [-0.4, -0.2) is 16.0 Å². The van der Waals surface area contributed by atoms with E-state index in [-0.39, 0.29) is 11.4 Å². The average Bonchev–Trinajstić information content (AvgIpc) is 3.30. The van der Waals surface area contributed by atoms with Gasteiger partial charge >= 0.3 is 5.63 Å². The molecule has 0 spiro atoms. The van der Waals surface area contributed by atoms with Crippen molar-refractivity contribution in [2.75, 3.05) is 0 Å². The minimum Gasteiger partial charge on any atom is -0.507 e. The molecular formula is C20H21NO3S. The maximum absolute atomic E-state index is 11.7. The summed E-state index contributed by atoms with van der Waals surface area (Å²) in [5.74, 6) is 0.191. The maximum Gasteiger partial charge on any atom is 0.336 e. The number of hydrogen-bond donors (Lipinski definition) is 1. The van der Waals surface area contributed by atoms with Crippen LogP contribution in [0.2, 0.25) is 0 Å². The first-order valence-electron chi connectivity index (χ1n) is 8.72. The Morgan fingerprint density at radius 2 is 1.92 bits per heavy atom. The van der Waals surface area contributed by atoms with Gasteiger partial charge in [0.2, 0.25) is 0 Å². The summed E-state index contributed by atoms with van der Waals surface area (Å²) in [6.07, 6.45) is 4.87. The molecule has 0 radical (unpaired) electrons. The lowest BCUT2D eigenvalue weighted by molar-refractivity contribution is 0.180. The summed E-state index contributed by atoms with van der Waals surface area (Å²) < 4.78 is 5.43. The Morgan fingerprint density at radius 1 is 1.12 bits per heavy atom. The van der Waals surface area contributed by atoms with Crippen molar-refractivity contribution >= 4 is 22.3 Å². The van der Waals surface area contributed by atoms with Gasteiger partial charge in [-0.15, -0.1) is 11.3 Å². The standard InChI is InChI=1S/C20H21NO3S/c22-18-9-7-14-8-10-19(23)24-20(14)17(18)13-21(15-4-1-2-5-15)12-16-6-3-11-25-16/h3,6-11,15,22H,1-2,4-5,12-13H2. The molecule has 2 heterocycles. The smallest absolute Gasteiger partial charge is 0.336 e. The van der Waals surface area contributed by atoms with E-state index in [4.69, 9.17) is 4.42 Å². The molecule has 1 saturated carbocycles. The van der Waals surface area contributed by atoms with E-state index in [0.717, 1.165) is 11.9 Å². The summed E-state index contributed by atoms with van der Waals surface area (Å²) in [5.41, 5.74) is 0.824. The number of hydrogen-bond acceptors (Lipinski definition) is 5. The Hall–Kier alpha value is -2.11. The predicted molar refractivity (Wildman–Crippen MR) is 100.0 cm³/mol. The van der Waals surface area contributed by atoms with Gasteiger partial charge in [0.25, 0.3) is 0 Å². The van der Waals surface area contributed by atoms with E-state index in [9.17, 15) is 9.90 Å². The second-order valence-electron chi connectivity index (χ2n) is 6.66. The summed E-state index contributed by atoms with van der Waals surface area (Å²) in [7, 11) is 0. The number of fused-ring (bicyclic) bond motifs is 1. The van der Waals surface area contributed by atoms with Crippen molar-refractivity contribution in [1.29, 1.82) is 0 Å². The van der Waals surface area contributed by atoms with Crippen LogP contribution in [0.3, 0.4) is 0 Å². The molecule has 0 amide bonds. The van der Waals surface area contributed by atoms with E-state index in [1.807, 2.05) is 0 Å². The Morgan fingerprint density at radius 3 is 2.68 bits per heavy atom. The second-order valence-corrected chi connectivity index (χ2v) is 7.69. The molecule has 1 aliphatic carbocycles. The largest absolute Gasteiger partial charge is 0.507 e. The third-order valence-corrected chi connectivity index (χ3v) is 5.87. The SMILES string of the molecule is O=c1ccc2ccc(O)c(CN(Cc3cccs3)C3CCCC3)c2o1. The third kappa shape index (κ3) is 3.48. The highest BCUT2D eigenvalue weighted by molar-refractivity contribution is 7.09. The quantitative estimate of drug-likeness (QED) is 0.685. The van der Waals surface area contributed by atoms with Gasteiger partial charge < -0.3 is 9.52 Å². The van der Waals surface area contributed by atoms with Gasteiger partial charge in [-0.05, 0) is 42.5 Å². The average molecular weight is 355 g/mol. The van der Waals surface area contributed by atoms with E-state index in [2.05, 4.69) is 22.4 Å². The molecule has 1 fully saturated rings. The molecule has 0 bridgehead atoms. The molecule has 2 aromatic heterocycles. The van der Waals surface area contributed by atoms with E-state index >= 15 is 0 Å². The van der Waals surface area contributed by atoms with Crippen LogP contribution in [0.25, 0.3) is 11.0 Å². The van der Waals surface area contributed by atoms with E-state index < -0.39 is 0 Å². The molecule has 130 valence electrons. The van der Waals surface area contributed by atoms with Crippen molar-refractivity contribution in [2.24, 2.45) is 0 Å². The van der Waals surface area contributed by atoms with Crippen molar-refractivity contribution in [3.8, 4) is 5.75 Å². The summed E-state index contributed by atoms with van der Waals surface area (Å²) in [5, 5.41) is 13.4. The van der Waals surface area contributed by atoms with Crippen LogP contribution >= 0.6 is 11.3 Å². The highest BCUT2D eigenvalue weighted by Gasteiger charge is 2.25. The van der Waals surface area contributed by atoms with Gasteiger partial charge in [-0.1, -0.05) is 18.9 Å². The van der Waals surface area contributed by atoms with Gasteiger partial charge in [0.15, 0.2) is 0 Å². The molecule has 4 rings (SSSR count). The summed E-state index contributed by atoms with van der Waals surface area (Å²) in [4.78, 5) is 15.4. The van der Waals surface area contributed by atoms with Gasteiger partial charge in [0, 0.05) is 35.5 Å². The molecule has 4 nitrogen and oxygen atoms in total. The van der Waals surface area contributed by atoms with Crippen LogP contribution in [0.15, 0.2) is 51.0 Å².